The standard InChI is InChI=1S/2C5H5N.4C2H6.CH4/c2*1-2-4-6-5-3-1;4*1-2;/h2*1-5H;4*1-2H3;1H4. The van der Waals surface area contributed by atoms with Crippen LogP contribution in [0.25, 0.3) is 0 Å². The van der Waals surface area contributed by atoms with Crippen LogP contribution >= 0.6 is 0 Å². The van der Waals surface area contributed by atoms with E-state index in [1.165, 1.54) is 0 Å². The summed E-state index contributed by atoms with van der Waals surface area (Å²) in [5.41, 5.74) is 0. The van der Waals surface area contributed by atoms with E-state index in [0.29, 0.717) is 0 Å². The molecule has 0 atom stereocenters. The van der Waals surface area contributed by atoms with Gasteiger partial charge in [0, 0.05) is 24.8 Å². The highest BCUT2D eigenvalue weighted by Gasteiger charge is 1.59. The summed E-state index contributed by atoms with van der Waals surface area (Å²) in [6.45, 7) is 16.0. The average Bonchev–Trinajstić information content (AvgIpc) is 2.65. The van der Waals surface area contributed by atoms with Crippen molar-refractivity contribution in [3.05, 3.63) is 61.2 Å². The maximum Gasteiger partial charge on any atom is 0.0267 e. The lowest BCUT2D eigenvalue weighted by Gasteiger charge is -1.70. The summed E-state index contributed by atoms with van der Waals surface area (Å²) >= 11 is 0. The quantitative estimate of drug-likeness (QED) is 0.528. The first-order valence-corrected chi connectivity index (χ1v) is 7.70. The third-order valence-corrected chi connectivity index (χ3v) is 1.13. The van der Waals surface area contributed by atoms with Crippen molar-refractivity contribution in [3.63, 3.8) is 0 Å². The number of pyridine rings is 2. The van der Waals surface area contributed by atoms with E-state index in [-0.39, 0.29) is 7.43 Å². The largest absolute Gasteiger partial charge is 0.265 e. The first-order chi connectivity index (χ1) is 10.0. The molecule has 124 valence electrons. The van der Waals surface area contributed by atoms with Crippen LogP contribution in [0.5, 0.6) is 0 Å². The van der Waals surface area contributed by atoms with Crippen molar-refractivity contribution in [2.45, 2.75) is 62.8 Å². The van der Waals surface area contributed by atoms with Crippen LogP contribution in [0.3, 0.4) is 0 Å². The molecule has 0 unspecified atom stereocenters. The number of nitrogens with zero attached hydrogens (tertiary/aromatic N) is 2. The Morgan fingerprint density at radius 1 is 0.381 bits per heavy atom. The Bertz CT molecular complexity index is 185. The third-order valence-electron chi connectivity index (χ3n) is 1.13. The minimum absolute atomic E-state index is 0. The second-order valence-corrected chi connectivity index (χ2v) is 2.05. The van der Waals surface area contributed by atoms with E-state index in [2.05, 4.69) is 9.97 Å². The van der Waals surface area contributed by atoms with Crippen molar-refractivity contribution in [3.8, 4) is 0 Å². The van der Waals surface area contributed by atoms with Gasteiger partial charge < -0.3 is 0 Å². The van der Waals surface area contributed by atoms with E-state index in [1.54, 1.807) is 24.8 Å². The highest BCUT2D eigenvalue weighted by atomic mass is 14.6. The molecule has 0 aliphatic heterocycles. The van der Waals surface area contributed by atoms with Crippen LogP contribution in [-0.4, -0.2) is 9.97 Å². The van der Waals surface area contributed by atoms with Crippen molar-refractivity contribution in [2.75, 3.05) is 0 Å². The van der Waals surface area contributed by atoms with Gasteiger partial charge in [-0.05, 0) is 24.3 Å². The molecule has 2 aromatic heterocycles. The Morgan fingerprint density at radius 2 is 0.571 bits per heavy atom. The second kappa shape index (κ2) is 51.6. The molecule has 0 aromatic carbocycles. The van der Waals surface area contributed by atoms with Crippen LogP contribution in [0, 0.1) is 0 Å². The predicted octanol–water partition coefficient (Wildman–Crippen LogP) is 6.90. The first-order valence-electron chi connectivity index (χ1n) is 7.70. The fourth-order valence-electron chi connectivity index (χ4n) is 0.625. The van der Waals surface area contributed by atoms with E-state index < -0.39 is 0 Å². The summed E-state index contributed by atoms with van der Waals surface area (Å²) in [5.74, 6) is 0. The van der Waals surface area contributed by atoms with Crippen molar-refractivity contribution in [2.24, 2.45) is 0 Å². The zero-order chi connectivity index (χ0) is 16.5. The summed E-state index contributed by atoms with van der Waals surface area (Å²) in [6, 6.07) is 11.4. The number of hydrogen-bond donors (Lipinski definition) is 0. The minimum Gasteiger partial charge on any atom is -0.265 e. The molecular formula is C19H38N2. The van der Waals surface area contributed by atoms with Gasteiger partial charge in [0.15, 0.2) is 0 Å². The summed E-state index contributed by atoms with van der Waals surface area (Å²) in [5, 5.41) is 0. The molecule has 2 aromatic rings. The first kappa shape index (κ1) is 31.6. The Morgan fingerprint density at radius 3 is 0.619 bits per heavy atom. The lowest BCUT2D eigenvalue weighted by molar-refractivity contribution is 1.33. The fourth-order valence-corrected chi connectivity index (χ4v) is 0.625. The Hall–Kier alpha value is -1.70. The van der Waals surface area contributed by atoms with Gasteiger partial charge in [0.2, 0.25) is 0 Å². The minimum atomic E-state index is 0. The molecule has 0 spiro atoms. The van der Waals surface area contributed by atoms with Gasteiger partial charge in [0.1, 0.15) is 0 Å². The summed E-state index contributed by atoms with van der Waals surface area (Å²) in [6.07, 6.45) is 7.00. The van der Waals surface area contributed by atoms with E-state index in [1.807, 2.05) is 91.8 Å². The lowest BCUT2D eigenvalue weighted by atomic mass is 10.5. The van der Waals surface area contributed by atoms with Gasteiger partial charge in [0.05, 0.1) is 0 Å². The lowest BCUT2D eigenvalue weighted by Crippen LogP contribution is -1.58. The molecule has 0 N–H and O–H groups in total. The van der Waals surface area contributed by atoms with E-state index in [4.69, 9.17) is 0 Å². The number of aromatic nitrogens is 2. The van der Waals surface area contributed by atoms with Gasteiger partial charge in [0.25, 0.3) is 0 Å². The SMILES string of the molecule is C.CC.CC.CC.CC.c1ccncc1.c1ccncc1. The zero-order valence-corrected chi connectivity index (χ0v) is 14.7. The second-order valence-electron chi connectivity index (χ2n) is 2.05. The van der Waals surface area contributed by atoms with Crippen molar-refractivity contribution < 1.29 is 0 Å². The molecule has 2 heterocycles. The molecule has 2 heteroatoms. The Labute approximate surface area is 134 Å². The molecule has 2 rings (SSSR count). The molecule has 0 saturated heterocycles. The van der Waals surface area contributed by atoms with Gasteiger partial charge in [-0.1, -0.05) is 74.9 Å². The molecule has 0 amide bonds. The van der Waals surface area contributed by atoms with Gasteiger partial charge in [-0.15, -0.1) is 0 Å². The van der Waals surface area contributed by atoms with Crippen LogP contribution in [0.15, 0.2) is 61.2 Å². The molecule has 0 aliphatic carbocycles. The van der Waals surface area contributed by atoms with Crippen LogP contribution < -0.4 is 0 Å². The van der Waals surface area contributed by atoms with Gasteiger partial charge >= 0.3 is 0 Å². The molecule has 0 aliphatic rings. The van der Waals surface area contributed by atoms with Crippen molar-refractivity contribution in [1.29, 1.82) is 0 Å². The third kappa shape index (κ3) is 45.8. The maximum absolute atomic E-state index is 3.78. The molecule has 0 saturated carbocycles. The molecule has 0 fully saturated rings. The Balaban J connectivity index is -0.0000000539. The molecule has 0 bridgehead atoms. The van der Waals surface area contributed by atoms with Crippen LogP contribution in [-0.2, 0) is 0 Å². The molecule has 21 heavy (non-hydrogen) atoms. The maximum atomic E-state index is 3.78. The topological polar surface area (TPSA) is 25.8 Å². The van der Waals surface area contributed by atoms with E-state index in [0.717, 1.165) is 0 Å². The van der Waals surface area contributed by atoms with Crippen LogP contribution in [0.2, 0.25) is 0 Å². The number of rotatable bonds is 0. The predicted molar refractivity (Wildman–Crippen MR) is 101 cm³/mol. The van der Waals surface area contributed by atoms with Gasteiger partial charge in [-0.2, -0.15) is 0 Å². The van der Waals surface area contributed by atoms with E-state index in [9.17, 15) is 0 Å². The Kier molecular flexibility index (Phi) is 77.7. The molecular weight excluding hydrogens is 256 g/mol. The van der Waals surface area contributed by atoms with Gasteiger partial charge in [-0.25, -0.2) is 0 Å². The average molecular weight is 295 g/mol. The molecule has 2 nitrogen and oxygen atoms in total. The van der Waals surface area contributed by atoms with E-state index >= 15 is 0 Å². The summed E-state index contributed by atoms with van der Waals surface area (Å²) < 4.78 is 0. The highest BCUT2D eigenvalue weighted by Crippen LogP contribution is 1.74. The van der Waals surface area contributed by atoms with Crippen LogP contribution in [0.4, 0.5) is 0 Å². The fraction of sp³-hybridized carbons (Fsp3) is 0.474. The van der Waals surface area contributed by atoms with Gasteiger partial charge in [-0.3, -0.25) is 9.97 Å². The molecule has 0 radical (unpaired) electrons. The number of hydrogen-bond acceptors (Lipinski definition) is 2. The highest BCUT2D eigenvalue weighted by molar-refractivity contribution is 4.88. The van der Waals surface area contributed by atoms with Crippen molar-refractivity contribution >= 4 is 0 Å². The normalized spacial score (nSPS) is 5.71. The van der Waals surface area contributed by atoms with Crippen LogP contribution in [0.1, 0.15) is 62.8 Å². The summed E-state index contributed by atoms with van der Waals surface area (Å²) in [7, 11) is 0. The van der Waals surface area contributed by atoms with Crippen molar-refractivity contribution in [1.82, 2.24) is 9.97 Å². The summed E-state index contributed by atoms with van der Waals surface area (Å²) in [4.78, 5) is 7.57. The monoisotopic (exact) mass is 294 g/mol. The smallest absolute Gasteiger partial charge is 0.0267 e. The zero-order valence-electron chi connectivity index (χ0n) is 14.7.